The van der Waals surface area contributed by atoms with Gasteiger partial charge in [-0.1, -0.05) is 54.1 Å². The molecule has 0 saturated heterocycles. The van der Waals surface area contributed by atoms with Crippen LogP contribution in [0.2, 0.25) is 16.6 Å². The molecule has 0 amide bonds. The molecule has 1 rings (SSSR count). The van der Waals surface area contributed by atoms with Crippen LogP contribution in [0.25, 0.3) is 0 Å². The van der Waals surface area contributed by atoms with Crippen LogP contribution in [0.15, 0.2) is 0 Å². The van der Waals surface area contributed by atoms with Crippen LogP contribution >= 0.6 is 0 Å². The third-order valence-corrected chi connectivity index (χ3v) is 10.9. The van der Waals surface area contributed by atoms with E-state index in [4.69, 9.17) is 13.3 Å². The molecule has 0 spiro atoms. The van der Waals surface area contributed by atoms with Crippen LogP contribution in [0.5, 0.6) is 0 Å². The first-order valence-corrected chi connectivity index (χ1v) is 12.8. The first-order chi connectivity index (χ1) is 11.6. The van der Waals surface area contributed by atoms with Crippen molar-refractivity contribution in [1.82, 2.24) is 5.32 Å². The Bertz CT molecular complexity index is 376. The van der Waals surface area contributed by atoms with Gasteiger partial charge < -0.3 is 18.6 Å². The fourth-order valence-electron chi connectivity index (χ4n) is 3.49. The van der Waals surface area contributed by atoms with Crippen LogP contribution in [0.4, 0.5) is 0 Å². The Kier molecular flexibility index (Phi) is 13.5. The van der Waals surface area contributed by atoms with E-state index in [0.717, 1.165) is 13.0 Å². The van der Waals surface area contributed by atoms with E-state index < -0.39 is 8.56 Å². The summed E-state index contributed by atoms with van der Waals surface area (Å²) in [6, 6.07) is 0.407. The van der Waals surface area contributed by atoms with Crippen molar-refractivity contribution in [3.05, 3.63) is 6.42 Å². The Balaban J connectivity index is 0.00000625. The number of ether oxygens (including phenoxy) is 1. The normalized spacial score (nSPS) is 24.1. The maximum atomic E-state index is 6.69. The molecule has 0 aromatic carbocycles. The van der Waals surface area contributed by atoms with Crippen molar-refractivity contribution in [2.45, 2.75) is 96.7 Å². The van der Waals surface area contributed by atoms with Gasteiger partial charge in [-0.15, -0.1) is 6.04 Å². The van der Waals surface area contributed by atoms with E-state index in [-0.39, 0.29) is 44.9 Å². The van der Waals surface area contributed by atoms with Crippen LogP contribution in [-0.4, -0.2) is 50.2 Å². The molecule has 3 atom stereocenters. The molecule has 1 fully saturated rings. The van der Waals surface area contributed by atoms with Gasteiger partial charge in [-0.05, 0) is 43.4 Å². The van der Waals surface area contributed by atoms with Gasteiger partial charge in [0, 0.05) is 45.4 Å². The molecule has 1 aliphatic rings. The Morgan fingerprint density at radius 3 is 2.08 bits per heavy atom. The molecule has 7 heteroatoms. The van der Waals surface area contributed by atoms with Gasteiger partial charge in [0.25, 0.3) is 0 Å². The van der Waals surface area contributed by atoms with Crippen LogP contribution in [0, 0.1) is 12.3 Å². The summed E-state index contributed by atoms with van der Waals surface area (Å²) >= 11 is 0. The van der Waals surface area contributed by atoms with E-state index in [1.54, 1.807) is 0 Å². The van der Waals surface area contributed by atoms with Crippen molar-refractivity contribution < 1.29 is 46.0 Å². The predicted octanol–water partition coefficient (Wildman–Crippen LogP) is 4.33. The summed E-state index contributed by atoms with van der Waals surface area (Å²) in [7, 11) is 0.276. The maximum absolute atomic E-state index is 6.69. The number of hydrogen-bond donors (Lipinski definition) is 1. The zero-order chi connectivity index (χ0) is 19.2. The first-order valence-electron chi connectivity index (χ1n) is 9.87. The minimum Gasteiger partial charge on any atom is -0.435 e. The molecule has 1 saturated carbocycles. The van der Waals surface area contributed by atoms with Crippen LogP contribution in [-0.2, 0) is 46.0 Å². The summed E-state index contributed by atoms with van der Waals surface area (Å²) in [5, 5.41) is 3.37. The smallest absolute Gasteiger partial charge is 0.333 e. The molecule has 0 aliphatic heterocycles. The Hall–Kier alpha value is 1.38. The average Bonchev–Trinajstić information content (AvgIpc) is 2.88. The van der Waals surface area contributed by atoms with E-state index >= 15 is 0 Å². The minimum absolute atomic E-state index is 0. The average molecular weight is 476 g/mol. The molecule has 151 valence electrons. The molecular formula is C19H40NO3Si2Y-. The van der Waals surface area contributed by atoms with Crippen molar-refractivity contribution in [3.8, 4) is 0 Å². The van der Waals surface area contributed by atoms with E-state index in [9.17, 15) is 0 Å². The summed E-state index contributed by atoms with van der Waals surface area (Å²) in [5.41, 5.74) is 1.43. The molecule has 2 unspecified atom stereocenters. The molecule has 0 bridgehead atoms. The quantitative estimate of drug-likeness (QED) is 0.357. The second kappa shape index (κ2) is 12.8. The second-order valence-electron chi connectivity index (χ2n) is 8.45. The number of nitrogens with one attached hydrogen (secondary N) is 1. The standard InChI is InChI=1S/C19H40NO3Si2.Y/c1-13(2)22-19-11-18(20-9)10-17(19)12-21-25(15(5)6,16(7)8)23-24-14(3)4;/h11,13-20H,10,12H2,1-9H3;/q-1;/t17-,18?,19?;/m1./s1. The molecule has 0 heterocycles. The van der Waals surface area contributed by atoms with Crippen molar-refractivity contribution in [2.75, 3.05) is 13.7 Å². The Morgan fingerprint density at radius 2 is 1.65 bits per heavy atom. The fourth-order valence-corrected chi connectivity index (χ4v) is 9.76. The van der Waals surface area contributed by atoms with Gasteiger partial charge >= 0.3 is 8.56 Å². The minimum atomic E-state index is -2.26. The van der Waals surface area contributed by atoms with Crippen molar-refractivity contribution in [1.29, 1.82) is 0 Å². The van der Waals surface area contributed by atoms with Crippen molar-refractivity contribution in [2.24, 2.45) is 5.92 Å². The van der Waals surface area contributed by atoms with Gasteiger partial charge in [-0.3, -0.25) is 6.42 Å². The Labute approximate surface area is 191 Å². The first kappa shape index (κ1) is 27.4. The second-order valence-corrected chi connectivity index (χ2v) is 14.7. The van der Waals surface area contributed by atoms with Crippen molar-refractivity contribution >= 4 is 18.3 Å². The third-order valence-electron chi connectivity index (χ3n) is 4.83. The van der Waals surface area contributed by atoms with E-state index in [2.05, 4.69) is 67.1 Å². The van der Waals surface area contributed by atoms with Crippen LogP contribution in [0.3, 0.4) is 0 Å². The van der Waals surface area contributed by atoms with Gasteiger partial charge in [-0.25, -0.2) is 0 Å². The van der Waals surface area contributed by atoms with Crippen LogP contribution in [0.1, 0.15) is 61.8 Å². The summed E-state index contributed by atoms with van der Waals surface area (Å²) in [4.78, 5) is 0. The zero-order valence-corrected chi connectivity index (χ0v) is 23.2. The van der Waals surface area contributed by atoms with Gasteiger partial charge in [0.1, 0.15) is 0 Å². The largest absolute Gasteiger partial charge is 0.435 e. The van der Waals surface area contributed by atoms with Gasteiger partial charge in [0.2, 0.25) is 9.76 Å². The third kappa shape index (κ3) is 8.01. The number of hydrogen-bond acceptors (Lipinski definition) is 4. The van der Waals surface area contributed by atoms with Gasteiger partial charge in [0.05, 0.1) is 0 Å². The fraction of sp³-hybridized carbons (Fsp3) is 0.947. The van der Waals surface area contributed by atoms with E-state index in [1.807, 2.05) is 7.05 Å². The summed E-state index contributed by atoms with van der Waals surface area (Å²) < 4.78 is 19.3. The zero-order valence-electron chi connectivity index (χ0n) is 18.3. The van der Waals surface area contributed by atoms with E-state index in [0.29, 0.717) is 38.3 Å². The predicted molar refractivity (Wildman–Crippen MR) is 109 cm³/mol. The van der Waals surface area contributed by atoms with Gasteiger partial charge in [0.15, 0.2) is 0 Å². The molecule has 1 N–H and O–H groups in total. The molecule has 4 nitrogen and oxygen atoms in total. The topological polar surface area (TPSA) is 39.7 Å². The summed E-state index contributed by atoms with van der Waals surface area (Å²) in [6.45, 7) is 18.4. The van der Waals surface area contributed by atoms with Crippen molar-refractivity contribution in [3.63, 3.8) is 0 Å². The molecule has 3 radical (unpaired) electrons. The molecule has 26 heavy (non-hydrogen) atoms. The molecule has 0 aromatic heterocycles. The maximum Gasteiger partial charge on any atom is 0.333 e. The SMILES string of the molecule is CNC1[CH-]C(OC(C)C)[C@@H](CO[Si](O[Si]C(C)C)(C(C)C)C(C)C)C1.[Y]. The molecule has 0 aromatic rings. The molecular weight excluding hydrogens is 435 g/mol. The summed E-state index contributed by atoms with van der Waals surface area (Å²) in [6.07, 6.45) is 3.77. The monoisotopic (exact) mass is 475 g/mol. The van der Waals surface area contributed by atoms with Crippen LogP contribution < -0.4 is 5.32 Å². The van der Waals surface area contributed by atoms with E-state index in [1.165, 1.54) is 0 Å². The molecule has 1 aliphatic carbocycles. The van der Waals surface area contributed by atoms with Gasteiger partial charge in [-0.2, -0.15) is 0 Å². The number of rotatable bonds is 11. The Morgan fingerprint density at radius 1 is 1.08 bits per heavy atom. The summed E-state index contributed by atoms with van der Waals surface area (Å²) in [5.74, 6) is 0.398.